The number of benzene rings is 3. The lowest BCUT2D eigenvalue weighted by Gasteiger charge is -2.30. The molecule has 2 atom stereocenters. The molecule has 8 heteroatoms. The summed E-state index contributed by atoms with van der Waals surface area (Å²) in [7, 11) is 2.23. The first-order valence-corrected chi connectivity index (χ1v) is 12.5. The first-order chi connectivity index (χ1) is 17.6. The van der Waals surface area contributed by atoms with E-state index < -0.39 is 5.92 Å². The van der Waals surface area contributed by atoms with Crippen LogP contribution in [-0.4, -0.2) is 56.6 Å². The Kier molecular flexibility index (Phi) is 7.31. The van der Waals surface area contributed by atoms with Crippen molar-refractivity contribution < 1.29 is 49.9 Å². The highest BCUT2D eigenvalue weighted by atomic mass is 79.9. The van der Waals surface area contributed by atoms with E-state index in [4.69, 9.17) is 23.7 Å². The second-order valence-electron chi connectivity index (χ2n) is 9.92. The molecule has 0 aromatic heterocycles. The molecule has 0 radical (unpaired) electrons. The maximum Gasteiger partial charge on any atom is 0.318 e. The number of hydrogen-bond acceptors (Lipinski definition) is 6. The van der Waals surface area contributed by atoms with E-state index in [-0.39, 0.29) is 35.8 Å². The van der Waals surface area contributed by atoms with Crippen LogP contribution in [0, 0.1) is 0 Å². The summed E-state index contributed by atoms with van der Waals surface area (Å²) in [5, 5.41) is 0. The van der Waals surface area contributed by atoms with Crippen molar-refractivity contribution in [3.63, 3.8) is 0 Å². The Morgan fingerprint density at radius 2 is 1.65 bits per heavy atom. The molecule has 3 aliphatic heterocycles. The maximum atomic E-state index is 13.5. The third-order valence-electron chi connectivity index (χ3n) is 7.29. The summed E-state index contributed by atoms with van der Waals surface area (Å²) in [6, 6.07) is 21.1. The molecule has 0 amide bonds. The maximum absolute atomic E-state index is 13.5. The van der Waals surface area contributed by atoms with Crippen molar-refractivity contribution in [3.8, 4) is 28.7 Å². The third-order valence-corrected chi connectivity index (χ3v) is 7.29. The van der Waals surface area contributed by atoms with Crippen LogP contribution in [0.1, 0.15) is 29.9 Å². The SMILES string of the molecule is C[N+]1(CCCOc2ccc3c(c2)OCO3)CCC(OC(=O)C2c3ccccc3Oc3ccccc32)C1.[Br-]. The molecule has 3 aliphatic rings. The van der Waals surface area contributed by atoms with E-state index in [0.29, 0.717) is 18.1 Å². The molecule has 6 rings (SSSR count). The van der Waals surface area contributed by atoms with Crippen LogP contribution >= 0.6 is 0 Å². The molecule has 3 heterocycles. The number of quaternary nitrogens is 1. The molecule has 1 fully saturated rings. The minimum Gasteiger partial charge on any atom is -1.00 e. The fraction of sp³-hybridized carbons (Fsp3) is 0.345. The Hall–Kier alpha value is -3.23. The number of rotatable bonds is 7. The van der Waals surface area contributed by atoms with Crippen LogP contribution in [0.2, 0.25) is 0 Å². The molecule has 3 aromatic rings. The smallest absolute Gasteiger partial charge is 0.318 e. The molecule has 0 spiro atoms. The quantitative estimate of drug-likeness (QED) is 0.247. The molecule has 37 heavy (non-hydrogen) atoms. The number of carbonyl (C=O) groups is 1. The van der Waals surface area contributed by atoms with Gasteiger partial charge >= 0.3 is 5.97 Å². The summed E-state index contributed by atoms with van der Waals surface area (Å²) >= 11 is 0. The van der Waals surface area contributed by atoms with Gasteiger partial charge in [0.1, 0.15) is 29.7 Å². The zero-order valence-electron chi connectivity index (χ0n) is 20.7. The average Bonchev–Trinajstić information content (AvgIpc) is 3.51. The summed E-state index contributed by atoms with van der Waals surface area (Å²) in [5.74, 6) is 3.02. The molecule has 0 bridgehead atoms. The lowest BCUT2D eigenvalue weighted by atomic mass is 9.88. The van der Waals surface area contributed by atoms with E-state index in [1.165, 1.54) is 0 Å². The largest absolute Gasteiger partial charge is 1.00 e. The molecule has 0 aliphatic carbocycles. The van der Waals surface area contributed by atoms with Crippen molar-refractivity contribution in [2.24, 2.45) is 0 Å². The molecular formula is C29H30BrNO6. The highest BCUT2D eigenvalue weighted by molar-refractivity contribution is 5.85. The van der Waals surface area contributed by atoms with Gasteiger partial charge in [-0.15, -0.1) is 0 Å². The van der Waals surface area contributed by atoms with Gasteiger partial charge in [-0.2, -0.15) is 0 Å². The van der Waals surface area contributed by atoms with Crippen LogP contribution in [0.4, 0.5) is 0 Å². The zero-order valence-corrected chi connectivity index (χ0v) is 22.3. The third kappa shape index (κ3) is 5.26. The number of halogens is 1. The number of fused-ring (bicyclic) bond motifs is 3. The Balaban J connectivity index is 0.00000280. The first kappa shape index (κ1) is 25.4. The van der Waals surface area contributed by atoms with Crippen molar-refractivity contribution in [2.75, 3.05) is 40.1 Å². The number of ether oxygens (including phenoxy) is 5. The fourth-order valence-corrected chi connectivity index (χ4v) is 5.43. The molecule has 2 unspecified atom stereocenters. The number of likely N-dealkylation sites (tertiary alicyclic amines) is 1. The molecule has 3 aromatic carbocycles. The van der Waals surface area contributed by atoms with Crippen molar-refractivity contribution in [1.29, 1.82) is 0 Å². The Morgan fingerprint density at radius 3 is 2.41 bits per heavy atom. The van der Waals surface area contributed by atoms with Gasteiger partial charge in [0.2, 0.25) is 6.79 Å². The van der Waals surface area contributed by atoms with Crippen molar-refractivity contribution >= 4 is 5.97 Å². The molecular weight excluding hydrogens is 538 g/mol. The second-order valence-corrected chi connectivity index (χ2v) is 9.92. The van der Waals surface area contributed by atoms with Gasteiger partial charge in [-0.05, 0) is 24.3 Å². The Bertz CT molecular complexity index is 1240. The predicted molar refractivity (Wildman–Crippen MR) is 133 cm³/mol. The van der Waals surface area contributed by atoms with Crippen molar-refractivity contribution in [2.45, 2.75) is 24.9 Å². The zero-order chi connectivity index (χ0) is 24.5. The van der Waals surface area contributed by atoms with Crippen molar-refractivity contribution in [3.05, 3.63) is 77.9 Å². The summed E-state index contributed by atoms with van der Waals surface area (Å²) in [5.41, 5.74) is 1.72. The van der Waals surface area contributed by atoms with E-state index in [0.717, 1.165) is 65.3 Å². The second kappa shape index (κ2) is 10.6. The van der Waals surface area contributed by atoms with E-state index in [1.807, 2.05) is 66.7 Å². The lowest BCUT2D eigenvalue weighted by Crippen LogP contribution is -3.00. The van der Waals surface area contributed by atoms with Crippen LogP contribution in [0.5, 0.6) is 28.7 Å². The number of nitrogens with zero attached hydrogens (tertiary/aromatic N) is 1. The van der Waals surface area contributed by atoms with Gasteiger partial charge in [-0.3, -0.25) is 4.79 Å². The fourth-order valence-electron chi connectivity index (χ4n) is 5.43. The number of likely N-dealkylation sites (N-methyl/N-ethyl adjacent to an activating group) is 1. The van der Waals surface area contributed by atoms with Crippen LogP contribution in [-0.2, 0) is 9.53 Å². The summed E-state index contributed by atoms with van der Waals surface area (Å²) in [4.78, 5) is 13.5. The van der Waals surface area contributed by atoms with Gasteiger partial charge in [-0.25, -0.2) is 0 Å². The Labute approximate surface area is 227 Å². The highest BCUT2D eigenvalue weighted by Crippen LogP contribution is 2.44. The minimum atomic E-state index is -0.472. The number of hydrogen-bond donors (Lipinski definition) is 0. The molecule has 1 saturated heterocycles. The summed E-state index contributed by atoms with van der Waals surface area (Å²) < 4.78 is 29.7. The Morgan fingerprint density at radius 1 is 0.946 bits per heavy atom. The van der Waals surface area contributed by atoms with Crippen LogP contribution in [0.3, 0.4) is 0 Å². The van der Waals surface area contributed by atoms with E-state index in [1.54, 1.807) is 0 Å². The number of esters is 1. The van der Waals surface area contributed by atoms with Crippen LogP contribution < -0.4 is 35.9 Å². The van der Waals surface area contributed by atoms with Gasteiger partial charge in [0.25, 0.3) is 0 Å². The lowest BCUT2D eigenvalue weighted by molar-refractivity contribution is -0.899. The van der Waals surface area contributed by atoms with Crippen LogP contribution in [0.25, 0.3) is 0 Å². The van der Waals surface area contributed by atoms with Gasteiger partial charge in [-0.1, -0.05) is 36.4 Å². The topological polar surface area (TPSA) is 63.2 Å². The summed E-state index contributed by atoms with van der Waals surface area (Å²) in [6.45, 7) is 3.62. The summed E-state index contributed by atoms with van der Waals surface area (Å²) in [6.07, 6.45) is 1.67. The van der Waals surface area contributed by atoms with Gasteiger partial charge < -0.3 is 45.1 Å². The molecule has 7 nitrogen and oxygen atoms in total. The van der Waals surface area contributed by atoms with Gasteiger partial charge in [0.15, 0.2) is 17.6 Å². The van der Waals surface area contributed by atoms with Gasteiger partial charge in [0.05, 0.1) is 26.7 Å². The van der Waals surface area contributed by atoms with E-state index in [9.17, 15) is 4.79 Å². The normalized spacial score (nSPS) is 21.3. The van der Waals surface area contributed by atoms with E-state index in [2.05, 4.69) is 7.05 Å². The van der Waals surface area contributed by atoms with Crippen molar-refractivity contribution in [1.82, 2.24) is 0 Å². The van der Waals surface area contributed by atoms with Gasteiger partial charge in [0, 0.05) is 30.0 Å². The average molecular weight is 568 g/mol. The monoisotopic (exact) mass is 567 g/mol. The molecule has 194 valence electrons. The van der Waals surface area contributed by atoms with E-state index >= 15 is 0 Å². The first-order valence-electron chi connectivity index (χ1n) is 12.5. The molecule has 0 N–H and O–H groups in total. The number of carbonyl (C=O) groups excluding carboxylic acids is 1. The number of para-hydroxylation sites is 2. The van der Waals surface area contributed by atoms with Crippen LogP contribution in [0.15, 0.2) is 66.7 Å². The highest BCUT2D eigenvalue weighted by Gasteiger charge is 2.40. The molecule has 0 saturated carbocycles. The minimum absolute atomic E-state index is 0. The predicted octanol–water partition coefficient (Wildman–Crippen LogP) is 1.89. The standard InChI is InChI=1S/C29H30NO6.BrH/c1-30(14-6-16-32-20-11-12-26-27(17-20)34-19-33-26)15-13-21(18-30)35-29(31)28-22-7-2-4-9-24(22)36-25-10-5-3-8-23(25)28;/h2-5,7-12,17,21,28H,6,13-16,18-19H2,1H3;1H/q+1;/p-1.